The molecule has 1 saturated carbocycles. The van der Waals surface area contributed by atoms with Crippen molar-refractivity contribution in [3.8, 4) is 11.3 Å². The number of anilines is 1. The lowest BCUT2D eigenvalue weighted by Gasteiger charge is -2.25. The van der Waals surface area contributed by atoms with E-state index >= 15 is 0 Å². The maximum Gasteiger partial charge on any atom is 0.264 e. The molecule has 4 heteroatoms. The van der Waals surface area contributed by atoms with Crippen molar-refractivity contribution in [3.63, 3.8) is 0 Å². The molecule has 2 aromatic rings. The van der Waals surface area contributed by atoms with E-state index in [1.54, 1.807) is 6.07 Å². The SMILES string of the molecule is Cc1cc(-c2ccc(=O)[nH]n2)ccc1NC1CCCCC1. The van der Waals surface area contributed by atoms with Crippen molar-refractivity contribution >= 4 is 5.69 Å². The van der Waals surface area contributed by atoms with Crippen LogP contribution in [0.1, 0.15) is 37.7 Å². The van der Waals surface area contributed by atoms with Gasteiger partial charge in [0.1, 0.15) is 0 Å². The zero-order valence-corrected chi connectivity index (χ0v) is 12.4. The van der Waals surface area contributed by atoms with Gasteiger partial charge in [-0.15, -0.1) is 0 Å². The van der Waals surface area contributed by atoms with Crippen molar-refractivity contribution in [2.45, 2.75) is 45.1 Å². The van der Waals surface area contributed by atoms with Crippen LogP contribution < -0.4 is 10.9 Å². The van der Waals surface area contributed by atoms with E-state index in [0.29, 0.717) is 6.04 Å². The van der Waals surface area contributed by atoms with Crippen molar-refractivity contribution in [1.29, 1.82) is 0 Å². The number of rotatable bonds is 3. The third kappa shape index (κ3) is 3.32. The lowest BCUT2D eigenvalue weighted by atomic mass is 9.95. The number of nitrogens with zero attached hydrogens (tertiary/aromatic N) is 1. The lowest BCUT2D eigenvalue weighted by Crippen LogP contribution is -2.22. The monoisotopic (exact) mass is 283 g/mol. The molecule has 0 amide bonds. The Morgan fingerprint density at radius 2 is 1.95 bits per heavy atom. The van der Waals surface area contributed by atoms with Crippen LogP contribution in [0.25, 0.3) is 11.3 Å². The summed E-state index contributed by atoms with van der Waals surface area (Å²) < 4.78 is 0. The average molecular weight is 283 g/mol. The summed E-state index contributed by atoms with van der Waals surface area (Å²) in [5.41, 5.74) is 4.06. The second kappa shape index (κ2) is 6.12. The molecular formula is C17H21N3O. The maximum atomic E-state index is 11.1. The van der Waals surface area contributed by atoms with E-state index in [0.717, 1.165) is 11.3 Å². The van der Waals surface area contributed by atoms with E-state index in [1.165, 1.54) is 49.4 Å². The van der Waals surface area contributed by atoms with Crippen LogP contribution in [0.2, 0.25) is 0 Å². The van der Waals surface area contributed by atoms with Crippen LogP contribution in [0.15, 0.2) is 35.1 Å². The Bertz CT molecular complexity index is 651. The average Bonchev–Trinajstić information content (AvgIpc) is 2.51. The number of H-pyrrole nitrogens is 1. The highest BCUT2D eigenvalue weighted by molar-refractivity contribution is 5.65. The van der Waals surface area contributed by atoms with Crippen molar-refractivity contribution in [1.82, 2.24) is 10.2 Å². The number of benzene rings is 1. The Kier molecular flexibility index (Phi) is 4.04. The first kappa shape index (κ1) is 13.9. The molecule has 0 bridgehead atoms. The molecule has 0 saturated heterocycles. The molecule has 0 unspecified atom stereocenters. The summed E-state index contributed by atoms with van der Waals surface area (Å²) >= 11 is 0. The van der Waals surface area contributed by atoms with Gasteiger partial charge < -0.3 is 5.32 Å². The van der Waals surface area contributed by atoms with E-state index in [2.05, 4.69) is 40.6 Å². The summed E-state index contributed by atoms with van der Waals surface area (Å²) in [4.78, 5) is 11.1. The molecule has 2 N–H and O–H groups in total. The van der Waals surface area contributed by atoms with Gasteiger partial charge >= 0.3 is 0 Å². The molecule has 4 nitrogen and oxygen atoms in total. The summed E-state index contributed by atoms with van der Waals surface area (Å²) in [5, 5.41) is 10.2. The molecule has 1 aliphatic rings. The summed E-state index contributed by atoms with van der Waals surface area (Å²) in [7, 11) is 0. The standard InChI is InChI=1S/C17H21N3O/c1-12-11-13(16-9-10-17(21)20-19-16)7-8-15(12)18-14-5-3-2-4-6-14/h7-11,14,18H,2-6H2,1H3,(H,20,21). The Labute approximate surface area is 124 Å². The normalized spacial score (nSPS) is 15.9. The van der Waals surface area contributed by atoms with Gasteiger partial charge in [0, 0.05) is 23.4 Å². The third-order valence-corrected chi connectivity index (χ3v) is 4.17. The fourth-order valence-corrected chi connectivity index (χ4v) is 2.96. The topological polar surface area (TPSA) is 57.8 Å². The number of aromatic nitrogens is 2. The third-order valence-electron chi connectivity index (χ3n) is 4.17. The largest absolute Gasteiger partial charge is 0.382 e. The van der Waals surface area contributed by atoms with Crippen LogP contribution in [0.4, 0.5) is 5.69 Å². The van der Waals surface area contributed by atoms with Gasteiger partial charge in [-0.1, -0.05) is 25.3 Å². The summed E-state index contributed by atoms with van der Waals surface area (Å²) in [6.07, 6.45) is 6.56. The van der Waals surface area contributed by atoms with Crippen LogP contribution in [0.3, 0.4) is 0 Å². The molecule has 0 aliphatic heterocycles. The fourth-order valence-electron chi connectivity index (χ4n) is 2.96. The molecule has 3 rings (SSSR count). The quantitative estimate of drug-likeness (QED) is 0.906. The minimum absolute atomic E-state index is 0.175. The van der Waals surface area contributed by atoms with Gasteiger partial charge in [0.05, 0.1) is 5.69 Å². The van der Waals surface area contributed by atoms with Gasteiger partial charge in [-0.2, -0.15) is 5.10 Å². The fraction of sp³-hybridized carbons (Fsp3) is 0.412. The zero-order chi connectivity index (χ0) is 14.7. The highest BCUT2D eigenvalue weighted by Gasteiger charge is 2.14. The van der Waals surface area contributed by atoms with E-state index in [1.807, 2.05) is 0 Å². The molecule has 0 atom stereocenters. The molecule has 1 heterocycles. The highest BCUT2D eigenvalue weighted by atomic mass is 16.1. The van der Waals surface area contributed by atoms with Gasteiger partial charge in [-0.05, 0) is 43.5 Å². The van der Waals surface area contributed by atoms with Gasteiger partial charge in [0.25, 0.3) is 5.56 Å². The molecule has 21 heavy (non-hydrogen) atoms. The number of hydrogen-bond acceptors (Lipinski definition) is 3. The Balaban J connectivity index is 1.78. The van der Waals surface area contributed by atoms with E-state index in [4.69, 9.17) is 0 Å². The summed E-state index contributed by atoms with van der Waals surface area (Å²) in [6.45, 7) is 2.11. The summed E-state index contributed by atoms with van der Waals surface area (Å²) in [6, 6.07) is 10.2. The molecule has 1 aromatic carbocycles. The molecule has 1 aliphatic carbocycles. The molecule has 1 fully saturated rings. The molecule has 110 valence electrons. The van der Waals surface area contributed by atoms with Gasteiger partial charge in [-0.25, -0.2) is 5.10 Å². The van der Waals surface area contributed by atoms with Crippen molar-refractivity contribution in [3.05, 3.63) is 46.2 Å². The van der Waals surface area contributed by atoms with Crippen LogP contribution in [0.5, 0.6) is 0 Å². The highest BCUT2D eigenvalue weighted by Crippen LogP contribution is 2.26. The zero-order valence-electron chi connectivity index (χ0n) is 12.4. The van der Waals surface area contributed by atoms with E-state index < -0.39 is 0 Å². The second-order valence-electron chi connectivity index (χ2n) is 5.82. The van der Waals surface area contributed by atoms with Crippen LogP contribution in [-0.4, -0.2) is 16.2 Å². The van der Waals surface area contributed by atoms with Crippen molar-refractivity contribution in [2.24, 2.45) is 0 Å². The Morgan fingerprint density at radius 3 is 2.62 bits per heavy atom. The first-order valence-electron chi connectivity index (χ1n) is 7.66. The minimum atomic E-state index is -0.175. The number of aromatic amines is 1. The number of nitrogens with one attached hydrogen (secondary N) is 2. The van der Waals surface area contributed by atoms with Gasteiger partial charge in [-0.3, -0.25) is 4.79 Å². The smallest absolute Gasteiger partial charge is 0.264 e. The molecular weight excluding hydrogens is 262 g/mol. The Morgan fingerprint density at radius 1 is 1.14 bits per heavy atom. The first-order chi connectivity index (χ1) is 10.2. The number of aryl methyl sites for hydroxylation is 1. The maximum absolute atomic E-state index is 11.1. The number of hydrogen-bond donors (Lipinski definition) is 2. The molecule has 0 spiro atoms. The van der Waals surface area contributed by atoms with Crippen molar-refractivity contribution < 1.29 is 0 Å². The van der Waals surface area contributed by atoms with Gasteiger partial charge in [0.2, 0.25) is 0 Å². The van der Waals surface area contributed by atoms with E-state index in [9.17, 15) is 4.79 Å². The predicted molar refractivity (Wildman–Crippen MR) is 85.5 cm³/mol. The molecule has 0 radical (unpaired) electrons. The molecule has 1 aromatic heterocycles. The van der Waals surface area contributed by atoms with Crippen molar-refractivity contribution in [2.75, 3.05) is 5.32 Å². The van der Waals surface area contributed by atoms with Crippen LogP contribution >= 0.6 is 0 Å². The minimum Gasteiger partial charge on any atom is -0.382 e. The second-order valence-corrected chi connectivity index (χ2v) is 5.82. The van der Waals surface area contributed by atoms with Crippen LogP contribution in [-0.2, 0) is 0 Å². The Hall–Kier alpha value is -2.10. The van der Waals surface area contributed by atoms with Crippen LogP contribution in [0, 0.1) is 6.92 Å². The predicted octanol–water partition coefficient (Wildman–Crippen LogP) is 3.49. The lowest BCUT2D eigenvalue weighted by molar-refractivity contribution is 0.462. The summed E-state index contributed by atoms with van der Waals surface area (Å²) in [5.74, 6) is 0. The first-order valence-corrected chi connectivity index (χ1v) is 7.66. The van der Waals surface area contributed by atoms with Gasteiger partial charge in [0.15, 0.2) is 0 Å². The van der Waals surface area contributed by atoms with E-state index in [-0.39, 0.29) is 5.56 Å².